The highest BCUT2D eigenvalue weighted by Crippen LogP contribution is 2.23. The minimum Gasteiger partial charge on any atom is -0.330 e. The van der Waals surface area contributed by atoms with E-state index in [4.69, 9.17) is 5.73 Å². The Bertz CT molecular complexity index is 346. The molecule has 0 radical (unpaired) electrons. The maximum atomic E-state index is 5.69. The van der Waals surface area contributed by atoms with Gasteiger partial charge in [0.15, 0.2) is 0 Å². The predicted octanol–water partition coefficient (Wildman–Crippen LogP) is 1.74. The van der Waals surface area contributed by atoms with E-state index in [1.165, 1.54) is 29.7 Å². The number of likely N-dealkylation sites (N-methyl/N-ethyl adjacent to an activating group) is 1. The molecule has 1 aromatic rings. The Morgan fingerprint density at radius 1 is 1.40 bits per heavy atom. The Labute approximate surface area is 92.1 Å². The molecule has 0 aliphatic carbocycles. The first-order chi connectivity index (χ1) is 7.20. The molecule has 2 rings (SSSR count). The van der Waals surface area contributed by atoms with Crippen LogP contribution in [-0.2, 0) is 13.0 Å². The van der Waals surface area contributed by atoms with Crippen molar-refractivity contribution in [1.29, 1.82) is 0 Å². The van der Waals surface area contributed by atoms with E-state index in [0.717, 1.165) is 13.1 Å². The molecule has 2 heteroatoms. The average Bonchev–Trinajstić information content (AvgIpc) is 2.27. The number of hydrogen-bond donors (Lipinski definition) is 1. The Hall–Kier alpha value is -0.860. The molecule has 0 saturated heterocycles. The third-order valence-electron chi connectivity index (χ3n) is 3.36. The summed E-state index contributed by atoms with van der Waals surface area (Å²) in [5.41, 5.74) is 10.1. The van der Waals surface area contributed by atoms with Crippen LogP contribution in [0.5, 0.6) is 0 Å². The molecule has 1 heterocycles. The van der Waals surface area contributed by atoms with Gasteiger partial charge in [0, 0.05) is 13.1 Å². The molecule has 0 aromatic heterocycles. The first-order valence-electron chi connectivity index (χ1n) is 5.71. The summed E-state index contributed by atoms with van der Waals surface area (Å²) in [6.45, 7) is 5.19. The zero-order chi connectivity index (χ0) is 10.8. The van der Waals surface area contributed by atoms with Crippen LogP contribution in [0.4, 0.5) is 0 Å². The van der Waals surface area contributed by atoms with Crippen molar-refractivity contribution in [2.24, 2.45) is 5.73 Å². The SMILES string of the molecule is CC(CN)c1ccc2c(c1)CCN(C)C2. The zero-order valence-corrected chi connectivity index (χ0v) is 9.66. The van der Waals surface area contributed by atoms with E-state index in [0.29, 0.717) is 5.92 Å². The molecular weight excluding hydrogens is 184 g/mol. The number of fused-ring (bicyclic) bond motifs is 1. The molecule has 1 aromatic carbocycles. The Balaban J connectivity index is 2.26. The van der Waals surface area contributed by atoms with Gasteiger partial charge in [-0.25, -0.2) is 0 Å². The summed E-state index contributed by atoms with van der Waals surface area (Å²) < 4.78 is 0. The van der Waals surface area contributed by atoms with Crippen molar-refractivity contribution in [3.05, 3.63) is 34.9 Å². The lowest BCUT2D eigenvalue weighted by atomic mass is 9.93. The van der Waals surface area contributed by atoms with Gasteiger partial charge in [-0.3, -0.25) is 0 Å². The third-order valence-corrected chi connectivity index (χ3v) is 3.36. The second-order valence-corrected chi connectivity index (χ2v) is 4.65. The van der Waals surface area contributed by atoms with Crippen molar-refractivity contribution >= 4 is 0 Å². The smallest absolute Gasteiger partial charge is 0.0233 e. The number of rotatable bonds is 2. The van der Waals surface area contributed by atoms with Gasteiger partial charge in [-0.2, -0.15) is 0 Å². The largest absolute Gasteiger partial charge is 0.330 e. The van der Waals surface area contributed by atoms with Crippen LogP contribution < -0.4 is 5.73 Å². The Kier molecular flexibility index (Phi) is 3.08. The van der Waals surface area contributed by atoms with E-state index in [1.54, 1.807) is 0 Å². The van der Waals surface area contributed by atoms with Crippen LogP contribution in [0.2, 0.25) is 0 Å². The van der Waals surface area contributed by atoms with E-state index in [2.05, 4.69) is 37.1 Å². The average molecular weight is 204 g/mol. The summed E-state index contributed by atoms with van der Waals surface area (Å²) in [7, 11) is 2.18. The quantitative estimate of drug-likeness (QED) is 0.795. The molecule has 0 spiro atoms. The van der Waals surface area contributed by atoms with Gasteiger partial charge < -0.3 is 10.6 Å². The van der Waals surface area contributed by atoms with Crippen LogP contribution in [0.15, 0.2) is 18.2 Å². The van der Waals surface area contributed by atoms with Gasteiger partial charge >= 0.3 is 0 Å². The minimum atomic E-state index is 0.481. The fourth-order valence-corrected chi connectivity index (χ4v) is 2.16. The predicted molar refractivity (Wildman–Crippen MR) is 63.9 cm³/mol. The number of nitrogens with two attached hydrogens (primary N) is 1. The Morgan fingerprint density at radius 3 is 2.93 bits per heavy atom. The topological polar surface area (TPSA) is 29.3 Å². The first-order valence-corrected chi connectivity index (χ1v) is 5.71. The molecule has 82 valence electrons. The maximum Gasteiger partial charge on any atom is 0.0233 e. The molecule has 0 amide bonds. The van der Waals surface area contributed by atoms with Gasteiger partial charge in [0.25, 0.3) is 0 Å². The summed E-state index contributed by atoms with van der Waals surface area (Å²) in [6.07, 6.45) is 1.18. The highest BCUT2D eigenvalue weighted by Gasteiger charge is 2.14. The van der Waals surface area contributed by atoms with E-state index >= 15 is 0 Å². The van der Waals surface area contributed by atoms with Crippen molar-refractivity contribution < 1.29 is 0 Å². The molecular formula is C13H20N2. The number of benzene rings is 1. The van der Waals surface area contributed by atoms with E-state index in [-0.39, 0.29) is 0 Å². The summed E-state index contributed by atoms with van der Waals surface area (Å²) in [6, 6.07) is 6.85. The molecule has 1 aliphatic rings. The zero-order valence-electron chi connectivity index (χ0n) is 9.66. The number of hydrogen-bond acceptors (Lipinski definition) is 2. The van der Waals surface area contributed by atoms with Gasteiger partial charge in [0.1, 0.15) is 0 Å². The van der Waals surface area contributed by atoms with Crippen LogP contribution >= 0.6 is 0 Å². The van der Waals surface area contributed by atoms with Gasteiger partial charge in [0.2, 0.25) is 0 Å². The van der Waals surface area contributed by atoms with Gasteiger partial charge in [-0.1, -0.05) is 25.1 Å². The molecule has 2 N–H and O–H groups in total. The summed E-state index contributed by atoms with van der Waals surface area (Å²) in [5, 5.41) is 0. The fourth-order valence-electron chi connectivity index (χ4n) is 2.16. The second kappa shape index (κ2) is 4.33. The molecule has 0 bridgehead atoms. The van der Waals surface area contributed by atoms with Crippen molar-refractivity contribution in [2.75, 3.05) is 20.1 Å². The molecule has 15 heavy (non-hydrogen) atoms. The Morgan fingerprint density at radius 2 is 2.20 bits per heavy atom. The summed E-state index contributed by atoms with van der Waals surface area (Å²) in [5.74, 6) is 0.481. The second-order valence-electron chi connectivity index (χ2n) is 4.65. The van der Waals surface area contributed by atoms with Crippen LogP contribution in [0.3, 0.4) is 0 Å². The van der Waals surface area contributed by atoms with Gasteiger partial charge in [0.05, 0.1) is 0 Å². The molecule has 1 unspecified atom stereocenters. The van der Waals surface area contributed by atoms with Crippen molar-refractivity contribution in [2.45, 2.75) is 25.8 Å². The maximum absolute atomic E-state index is 5.69. The highest BCUT2D eigenvalue weighted by molar-refractivity contribution is 5.35. The van der Waals surface area contributed by atoms with E-state index < -0.39 is 0 Å². The lowest BCUT2D eigenvalue weighted by molar-refractivity contribution is 0.313. The first kappa shape index (κ1) is 10.7. The summed E-state index contributed by atoms with van der Waals surface area (Å²) >= 11 is 0. The lowest BCUT2D eigenvalue weighted by Crippen LogP contribution is -2.26. The molecule has 0 saturated carbocycles. The standard InChI is InChI=1S/C13H20N2/c1-10(8-14)11-3-4-13-9-15(2)6-5-12(13)7-11/h3-4,7,10H,5-6,8-9,14H2,1-2H3. The molecule has 0 fully saturated rings. The van der Waals surface area contributed by atoms with Gasteiger partial charge in [-0.05, 0) is 42.6 Å². The normalized spacial score (nSPS) is 18.6. The summed E-state index contributed by atoms with van der Waals surface area (Å²) in [4.78, 5) is 2.37. The highest BCUT2D eigenvalue weighted by atomic mass is 15.1. The lowest BCUT2D eigenvalue weighted by Gasteiger charge is -2.26. The molecule has 2 nitrogen and oxygen atoms in total. The van der Waals surface area contributed by atoms with Crippen LogP contribution in [0, 0.1) is 0 Å². The fraction of sp³-hybridized carbons (Fsp3) is 0.538. The van der Waals surface area contributed by atoms with Crippen LogP contribution in [0.25, 0.3) is 0 Å². The number of nitrogens with zero attached hydrogens (tertiary/aromatic N) is 1. The van der Waals surface area contributed by atoms with Crippen molar-refractivity contribution in [1.82, 2.24) is 4.90 Å². The van der Waals surface area contributed by atoms with Crippen LogP contribution in [0.1, 0.15) is 29.5 Å². The van der Waals surface area contributed by atoms with Crippen LogP contribution in [-0.4, -0.2) is 25.0 Å². The molecule has 1 atom stereocenters. The minimum absolute atomic E-state index is 0.481. The van der Waals surface area contributed by atoms with E-state index in [9.17, 15) is 0 Å². The van der Waals surface area contributed by atoms with Crippen molar-refractivity contribution in [3.63, 3.8) is 0 Å². The van der Waals surface area contributed by atoms with E-state index in [1.807, 2.05) is 0 Å². The third kappa shape index (κ3) is 2.21. The van der Waals surface area contributed by atoms with Crippen molar-refractivity contribution in [3.8, 4) is 0 Å². The molecule has 1 aliphatic heterocycles. The van der Waals surface area contributed by atoms with Gasteiger partial charge in [-0.15, -0.1) is 0 Å². The monoisotopic (exact) mass is 204 g/mol.